The smallest absolute Gasteiger partial charge is 0.139 e. The molecule has 0 bridgehead atoms. The van der Waals surface area contributed by atoms with Crippen LogP contribution in [-0.4, -0.2) is 13.7 Å². The van der Waals surface area contributed by atoms with Crippen molar-refractivity contribution < 1.29 is 9.15 Å². The topological polar surface area (TPSA) is 34.4 Å². The van der Waals surface area contributed by atoms with Gasteiger partial charge >= 0.3 is 0 Å². The highest BCUT2D eigenvalue weighted by atomic mass is 79.9. The average Bonchev–Trinajstić information content (AvgIpc) is 2.86. The van der Waals surface area contributed by atoms with Crippen molar-refractivity contribution in [3.05, 3.63) is 50.8 Å². The second-order valence-electron chi connectivity index (χ2n) is 4.41. The molecule has 1 aromatic carbocycles. The van der Waals surface area contributed by atoms with Crippen molar-refractivity contribution in [3.63, 3.8) is 0 Å². The molecule has 0 aliphatic heterocycles. The lowest BCUT2D eigenvalue weighted by atomic mass is 10.0. The molecule has 0 fully saturated rings. The molecule has 1 heterocycles. The Morgan fingerprint density at radius 1 is 1.25 bits per heavy atom. The van der Waals surface area contributed by atoms with Gasteiger partial charge in [0.2, 0.25) is 0 Å². The van der Waals surface area contributed by atoms with Gasteiger partial charge in [-0.25, -0.2) is 0 Å². The van der Waals surface area contributed by atoms with E-state index < -0.39 is 0 Å². The van der Waals surface area contributed by atoms with Crippen LogP contribution in [0.3, 0.4) is 0 Å². The molecule has 0 saturated carbocycles. The van der Waals surface area contributed by atoms with Crippen LogP contribution in [-0.2, 0) is 0 Å². The Hall–Kier alpha value is -0.780. The number of halogens is 2. The third-order valence-electron chi connectivity index (χ3n) is 3.01. The van der Waals surface area contributed by atoms with Crippen LogP contribution in [0.1, 0.15) is 30.7 Å². The summed E-state index contributed by atoms with van der Waals surface area (Å²) in [6.45, 7) is 3.06. The van der Waals surface area contributed by atoms with Crippen molar-refractivity contribution in [1.29, 1.82) is 0 Å². The molecule has 20 heavy (non-hydrogen) atoms. The van der Waals surface area contributed by atoms with Crippen LogP contribution in [0.15, 0.2) is 43.9 Å². The highest BCUT2D eigenvalue weighted by Gasteiger charge is 2.20. The first-order chi connectivity index (χ1) is 9.67. The molecule has 0 saturated heterocycles. The van der Waals surface area contributed by atoms with Crippen LogP contribution in [0.2, 0.25) is 0 Å². The van der Waals surface area contributed by atoms with Gasteiger partial charge in [-0.15, -0.1) is 0 Å². The minimum atomic E-state index is 0.0153. The number of nitrogens with one attached hydrogen (secondary N) is 1. The summed E-state index contributed by atoms with van der Waals surface area (Å²) >= 11 is 7.06. The minimum absolute atomic E-state index is 0.0153. The maximum Gasteiger partial charge on any atom is 0.139 e. The molecule has 0 spiro atoms. The Bertz CT molecular complexity index is 569. The number of rotatable bonds is 6. The molecule has 0 aliphatic rings. The number of hydrogen-bond donors (Lipinski definition) is 1. The molecule has 3 nitrogen and oxygen atoms in total. The quantitative estimate of drug-likeness (QED) is 0.745. The minimum Gasteiger partial charge on any atom is -0.496 e. The Morgan fingerprint density at radius 2 is 2.05 bits per heavy atom. The standard InChI is InChI=1S/C15H17Br2NO2/c1-3-7-18-14(15-11(16)6-8-20-15)10-4-5-13(19-2)12(17)9-10/h4-6,8-9,14,18H,3,7H2,1-2H3. The number of furan rings is 1. The summed E-state index contributed by atoms with van der Waals surface area (Å²) in [5.41, 5.74) is 1.13. The molecule has 1 N–H and O–H groups in total. The Balaban J connectivity index is 2.36. The lowest BCUT2D eigenvalue weighted by molar-refractivity contribution is 0.411. The summed E-state index contributed by atoms with van der Waals surface area (Å²) in [5, 5.41) is 3.51. The first-order valence-corrected chi connectivity index (χ1v) is 8.05. The second-order valence-corrected chi connectivity index (χ2v) is 6.12. The lowest BCUT2D eigenvalue weighted by Gasteiger charge is -2.18. The van der Waals surface area contributed by atoms with E-state index in [9.17, 15) is 0 Å². The highest BCUT2D eigenvalue weighted by Crippen LogP contribution is 2.33. The van der Waals surface area contributed by atoms with Crippen LogP contribution < -0.4 is 10.1 Å². The van der Waals surface area contributed by atoms with Gasteiger partial charge in [0, 0.05) is 0 Å². The van der Waals surface area contributed by atoms with E-state index in [1.165, 1.54) is 0 Å². The van der Waals surface area contributed by atoms with Crippen LogP contribution in [0.4, 0.5) is 0 Å². The summed E-state index contributed by atoms with van der Waals surface area (Å²) in [7, 11) is 1.66. The first kappa shape index (κ1) is 15.6. The predicted octanol–water partition coefficient (Wildman–Crippen LogP) is 4.90. The zero-order valence-corrected chi connectivity index (χ0v) is 14.6. The van der Waals surface area contributed by atoms with Crippen LogP contribution in [0.5, 0.6) is 5.75 Å². The van der Waals surface area contributed by atoms with Gasteiger partial charge in [0.15, 0.2) is 0 Å². The normalized spacial score (nSPS) is 12.4. The Kier molecular flexibility index (Phi) is 5.69. The molecule has 1 atom stereocenters. The van der Waals surface area contributed by atoms with Gasteiger partial charge in [0.25, 0.3) is 0 Å². The molecule has 5 heteroatoms. The van der Waals surface area contributed by atoms with E-state index in [1.54, 1.807) is 13.4 Å². The fourth-order valence-corrected chi connectivity index (χ4v) is 3.01. The fourth-order valence-electron chi connectivity index (χ4n) is 2.02. The fraction of sp³-hybridized carbons (Fsp3) is 0.333. The van der Waals surface area contributed by atoms with Gasteiger partial charge in [0.1, 0.15) is 11.5 Å². The van der Waals surface area contributed by atoms with Gasteiger partial charge < -0.3 is 14.5 Å². The Morgan fingerprint density at radius 3 is 2.60 bits per heavy atom. The monoisotopic (exact) mass is 401 g/mol. The third kappa shape index (κ3) is 3.45. The van der Waals surface area contributed by atoms with Crippen molar-refractivity contribution in [2.75, 3.05) is 13.7 Å². The van der Waals surface area contributed by atoms with Gasteiger partial charge in [-0.05, 0) is 68.6 Å². The second kappa shape index (κ2) is 7.29. The maximum absolute atomic E-state index is 5.62. The Labute approximate surface area is 136 Å². The van der Waals surface area contributed by atoms with Crippen molar-refractivity contribution in [3.8, 4) is 5.75 Å². The summed E-state index contributed by atoms with van der Waals surface area (Å²) in [6.07, 6.45) is 2.75. The molecular formula is C15H17Br2NO2. The van der Waals surface area contributed by atoms with E-state index in [0.717, 1.165) is 39.0 Å². The maximum atomic E-state index is 5.62. The molecule has 0 radical (unpaired) electrons. The molecular weight excluding hydrogens is 386 g/mol. The van der Waals surface area contributed by atoms with Crippen LogP contribution in [0.25, 0.3) is 0 Å². The SMILES string of the molecule is CCCNC(c1ccc(OC)c(Br)c1)c1occc1Br. The number of benzene rings is 1. The zero-order chi connectivity index (χ0) is 14.5. The van der Waals surface area contributed by atoms with Crippen molar-refractivity contribution >= 4 is 31.9 Å². The van der Waals surface area contributed by atoms with Gasteiger partial charge in [-0.2, -0.15) is 0 Å². The van der Waals surface area contributed by atoms with Crippen LogP contribution in [0, 0.1) is 0 Å². The molecule has 1 unspecified atom stereocenters. The van der Waals surface area contributed by atoms with E-state index in [-0.39, 0.29) is 6.04 Å². The van der Waals surface area contributed by atoms with E-state index in [4.69, 9.17) is 9.15 Å². The molecule has 1 aromatic heterocycles. The van der Waals surface area contributed by atoms with Crippen molar-refractivity contribution in [2.24, 2.45) is 0 Å². The van der Waals surface area contributed by atoms with E-state index >= 15 is 0 Å². The summed E-state index contributed by atoms with van der Waals surface area (Å²) in [5.74, 6) is 1.71. The molecule has 108 valence electrons. The first-order valence-electron chi connectivity index (χ1n) is 6.47. The van der Waals surface area contributed by atoms with Gasteiger partial charge in [-0.3, -0.25) is 0 Å². The number of ether oxygens (including phenoxy) is 1. The summed E-state index contributed by atoms with van der Waals surface area (Å²) in [4.78, 5) is 0. The van der Waals surface area contributed by atoms with E-state index in [0.29, 0.717) is 0 Å². The highest BCUT2D eigenvalue weighted by molar-refractivity contribution is 9.10. The molecule has 0 amide bonds. The van der Waals surface area contributed by atoms with Gasteiger partial charge in [0.05, 0.1) is 28.4 Å². The van der Waals surface area contributed by atoms with Gasteiger partial charge in [-0.1, -0.05) is 13.0 Å². The van der Waals surface area contributed by atoms with Crippen LogP contribution >= 0.6 is 31.9 Å². The molecule has 2 aromatic rings. The molecule has 0 aliphatic carbocycles. The summed E-state index contributed by atoms with van der Waals surface area (Å²) < 4.78 is 12.8. The zero-order valence-electron chi connectivity index (χ0n) is 11.5. The number of methoxy groups -OCH3 is 1. The lowest BCUT2D eigenvalue weighted by Crippen LogP contribution is -2.23. The largest absolute Gasteiger partial charge is 0.496 e. The van der Waals surface area contributed by atoms with Crippen molar-refractivity contribution in [1.82, 2.24) is 5.32 Å². The number of hydrogen-bond acceptors (Lipinski definition) is 3. The predicted molar refractivity (Wildman–Crippen MR) is 87.2 cm³/mol. The molecule has 2 rings (SSSR count). The average molecular weight is 403 g/mol. The van der Waals surface area contributed by atoms with E-state index in [2.05, 4.69) is 50.2 Å². The van der Waals surface area contributed by atoms with Crippen molar-refractivity contribution in [2.45, 2.75) is 19.4 Å². The third-order valence-corrected chi connectivity index (χ3v) is 4.29. The summed E-state index contributed by atoms with van der Waals surface area (Å²) in [6, 6.07) is 7.99. The van der Waals surface area contributed by atoms with E-state index in [1.807, 2.05) is 18.2 Å².